The summed E-state index contributed by atoms with van der Waals surface area (Å²) in [6.45, 7) is 0.541. The van der Waals surface area contributed by atoms with Crippen LogP contribution in [-0.4, -0.2) is 64.0 Å². The molecule has 4 heterocycles. The largest absolute Gasteiger partial charge is 0.357 e. The summed E-state index contributed by atoms with van der Waals surface area (Å²) in [4.78, 5) is 38.8. The van der Waals surface area contributed by atoms with Gasteiger partial charge in [0, 0.05) is 80.2 Å². The number of nitriles is 1. The fraction of sp³-hybridized carbons (Fsp3) is 0.205. The molecule has 2 atom stereocenters. The van der Waals surface area contributed by atoms with Crippen LogP contribution in [0.3, 0.4) is 0 Å². The predicted octanol–water partition coefficient (Wildman–Crippen LogP) is 4.50. The molecule has 1 N–H and O–H groups in total. The van der Waals surface area contributed by atoms with Crippen molar-refractivity contribution in [3.8, 4) is 6.07 Å². The number of carbonyl (C=O) groups excluding carboxylic acids is 2. The fourth-order valence-corrected chi connectivity index (χ4v) is 9.08. The minimum Gasteiger partial charge on any atom is -0.357 e. The summed E-state index contributed by atoms with van der Waals surface area (Å²) in [5, 5.41) is 14.6. The lowest BCUT2D eigenvalue weighted by atomic mass is 9.85. The molecule has 1 aliphatic carbocycles. The number of piperidine rings is 1. The van der Waals surface area contributed by atoms with Crippen molar-refractivity contribution in [2.45, 2.75) is 29.3 Å². The van der Waals surface area contributed by atoms with Crippen molar-refractivity contribution >= 4 is 32.5 Å². The topological polar surface area (TPSA) is 136 Å². The molecule has 0 radical (unpaired) electrons. The molecular weight excluding hydrogens is 649 g/mol. The van der Waals surface area contributed by atoms with Crippen LogP contribution in [-0.2, 0) is 27.7 Å². The number of benzene rings is 3. The molecule has 3 aliphatic rings. The number of sulfonamides is 1. The minimum atomic E-state index is -3.76. The summed E-state index contributed by atoms with van der Waals surface area (Å²) in [6.07, 6.45) is 8.88. The number of allylic oxidation sites excluding steroid dienone is 1. The van der Waals surface area contributed by atoms with Gasteiger partial charge in [0.2, 0.25) is 10.0 Å². The van der Waals surface area contributed by atoms with Crippen LogP contribution in [0.1, 0.15) is 27.0 Å². The molecule has 11 heteroatoms. The number of nitrogens with one attached hydrogen (secondary N) is 1. The molecule has 2 aliphatic heterocycles. The smallest absolute Gasteiger partial charge is 0.254 e. The Morgan fingerprint density at radius 2 is 1.46 bits per heavy atom. The van der Waals surface area contributed by atoms with Crippen LogP contribution in [0, 0.1) is 23.2 Å². The number of pyridine rings is 2. The number of rotatable bonds is 9. The van der Waals surface area contributed by atoms with Crippen molar-refractivity contribution < 1.29 is 18.0 Å². The van der Waals surface area contributed by atoms with Crippen molar-refractivity contribution in [2.24, 2.45) is 11.8 Å². The Hall–Kier alpha value is -5.70. The van der Waals surface area contributed by atoms with E-state index < -0.39 is 15.6 Å². The molecule has 50 heavy (non-hydrogen) atoms. The van der Waals surface area contributed by atoms with E-state index in [4.69, 9.17) is 0 Å². The van der Waals surface area contributed by atoms with Crippen molar-refractivity contribution in [1.82, 2.24) is 24.5 Å². The second-order valence-corrected chi connectivity index (χ2v) is 15.1. The Labute approximate surface area is 289 Å². The summed E-state index contributed by atoms with van der Waals surface area (Å²) in [7, 11) is -3.76. The van der Waals surface area contributed by atoms with Crippen molar-refractivity contribution in [1.29, 1.82) is 5.26 Å². The number of ketones is 1. The van der Waals surface area contributed by atoms with Gasteiger partial charge in [-0.2, -0.15) is 9.57 Å². The lowest BCUT2D eigenvalue weighted by Crippen LogP contribution is -2.51. The molecule has 2 aromatic heterocycles. The quantitative estimate of drug-likeness (QED) is 0.178. The molecule has 3 fully saturated rings. The van der Waals surface area contributed by atoms with Gasteiger partial charge in [0.05, 0.1) is 16.5 Å². The van der Waals surface area contributed by atoms with E-state index in [2.05, 4.69) is 21.4 Å². The highest BCUT2D eigenvalue weighted by atomic mass is 32.2. The number of hydrogen-bond donors (Lipinski definition) is 1. The minimum absolute atomic E-state index is 0.0953. The van der Waals surface area contributed by atoms with Crippen LogP contribution >= 0.6 is 0 Å². The van der Waals surface area contributed by atoms with Gasteiger partial charge in [-0.15, -0.1) is 0 Å². The molecule has 5 aromatic rings. The predicted molar refractivity (Wildman–Crippen MR) is 186 cm³/mol. The van der Waals surface area contributed by atoms with E-state index in [1.807, 2.05) is 54.6 Å². The van der Waals surface area contributed by atoms with Crippen LogP contribution < -0.4 is 5.32 Å². The maximum Gasteiger partial charge on any atom is 0.254 e. The molecule has 10 nitrogen and oxygen atoms in total. The summed E-state index contributed by atoms with van der Waals surface area (Å²) in [6, 6.07) is 28.5. The third-order valence-electron chi connectivity index (χ3n) is 10.1. The second-order valence-electron chi connectivity index (χ2n) is 13.2. The van der Waals surface area contributed by atoms with Gasteiger partial charge in [0.1, 0.15) is 11.4 Å². The average Bonchev–Trinajstić information content (AvgIpc) is 3.47. The van der Waals surface area contributed by atoms with Gasteiger partial charge in [0.25, 0.3) is 5.91 Å². The fourth-order valence-electron chi connectivity index (χ4n) is 7.53. The van der Waals surface area contributed by atoms with Gasteiger partial charge < -0.3 is 5.32 Å². The standard InChI is InChI=1S/C39H32N6O4S/c40-23-28-5-7-30(8-6-28)35(46)20-36-43-39(21-26-11-15-41-16-12-26,22-27-13-17-42-18-14-27)38(47)45(36)37-33-24-44(25-34(33)37)50(48,49)32-10-9-29-3-1-2-4-31(29)19-32/h1-20,33-34,37,43H,21-22,24-25H2. The van der Waals surface area contributed by atoms with Gasteiger partial charge in [-0.1, -0.05) is 30.3 Å². The lowest BCUT2D eigenvalue weighted by molar-refractivity contribution is -0.132. The third kappa shape index (κ3) is 5.62. The molecule has 248 valence electrons. The van der Waals surface area contributed by atoms with Gasteiger partial charge >= 0.3 is 0 Å². The van der Waals surface area contributed by atoms with Crippen LogP contribution in [0.4, 0.5) is 0 Å². The Morgan fingerprint density at radius 3 is 2.06 bits per heavy atom. The SMILES string of the molecule is N#Cc1ccc(C(=O)C=C2NC(Cc3ccncc3)(Cc3ccncc3)C(=O)N2C2C3CN(S(=O)(=O)c4ccc5ccccc5c4)CC32)cc1. The molecule has 2 saturated heterocycles. The Balaban J connectivity index is 1.12. The first-order chi connectivity index (χ1) is 24.3. The Bertz CT molecular complexity index is 2250. The lowest BCUT2D eigenvalue weighted by Gasteiger charge is -2.28. The van der Waals surface area contributed by atoms with E-state index in [-0.39, 0.29) is 47.6 Å². The Morgan fingerprint density at radius 1 is 0.860 bits per heavy atom. The normalized spacial score (nSPS) is 21.9. The second kappa shape index (κ2) is 12.3. The highest BCUT2D eigenvalue weighted by Gasteiger charge is 2.65. The Kier molecular flexibility index (Phi) is 7.78. The van der Waals surface area contributed by atoms with Crippen LogP contribution in [0.15, 0.2) is 133 Å². The average molecular weight is 681 g/mol. The van der Waals surface area contributed by atoms with E-state index in [1.165, 1.54) is 10.4 Å². The summed E-state index contributed by atoms with van der Waals surface area (Å²) in [5.74, 6) is -0.294. The molecule has 3 aromatic carbocycles. The van der Waals surface area contributed by atoms with Crippen molar-refractivity contribution in [3.63, 3.8) is 0 Å². The van der Waals surface area contributed by atoms with Crippen molar-refractivity contribution in [2.75, 3.05) is 13.1 Å². The first kappa shape index (κ1) is 31.6. The van der Waals surface area contributed by atoms with E-state index in [9.17, 15) is 23.3 Å². The molecular formula is C39H32N6O4S. The van der Waals surface area contributed by atoms with E-state index in [0.717, 1.165) is 21.9 Å². The molecule has 0 bridgehead atoms. The molecule has 0 spiro atoms. The first-order valence-electron chi connectivity index (χ1n) is 16.4. The number of amides is 1. The summed E-state index contributed by atoms with van der Waals surface area (Å²) >= 11 is 0. The van der Waals surface area contributed by atoms with Gasteiger partial charge in [-0.25, -0.2) is 8.42 Å². The van der Waals surface area contributed by atoms with Gasteiger partial charge in [-0.05, 0) is 82.6 Å². The van der Waals surface area contributed by atoms with Crippen molar-refractivity contribution in [3.05, 3.63) is 150 Å². The molecule has 1 amide bonds. The van der Waals surface area contributed by atoms with Gasteiger partial charge in [0.15, 0.2) is 5.78 Å². The number of aromatic nitrogens is 2. The monoisotopic (exact) mass is 680 g/mol. The molecule has 2 unspecified atom stereocenters. The zero-order chi connectivity index (χ0) is 34.5. The summed E-state index contributed by atoms with van der Waals surface area (Å²) < 4.78 is 29.1. The zero-order valence-electron chi connectivity index (χ0n) is 26.9. The van der Waals surface area contributed by atoms with E-state index in [1.54, 1.807) is 66.1 Å². The van der Waals surface area contributed by atoms with E-state index >= 15 is 0 Å². The highest BCUT2D eigenvalue weighted by molar-refractivity contribution is 7.89. The summed E-state index contributed by atoms with van der Waals surface area (Å²) in [5.41, 5.74) is 1.49. The third-order valence-corrected chi connectivity index (χ3v) is 11.9. The zero-order valence-corrected chi connectivity index (χ0v) is 27.7. The van der Waals surface area contributed by atoms with Gasteiger partial charge in [-0.3, -0.25) is 24.5 Å². The number of fused-ring (bicyclic) bond motifs is 2. The number of nitrogens with zero attached hydrogens (tertiary/aromatic N) is 5. The number of carbonyl (C=O) groups is 2. The molecule has 1 saturated carbocycles. The highest BCUT2D eigenvalue weighted by Crippen LogP contribution is 2.53. The maximum absolute atomic E-state index is 14.9. The number of hydrogen-bond acceptors (Lipinski definition) is 8. The molecule has 8 rings (SSSR count). The first-order valence-corrected chi connectivity index (χ1v) is 17.8. The van der Waals surface area contributed by atoms with E-state index in [0.29, 0.717) is 29.8 Å². The van der Waals surface area contributed by atoms with Crippen LogP contribution in [0.25, 0.3) is 10.8 Å². The van der Waals surface area contributed by atoms with Crippen LogP contribution in [0.5, 0.6) is 0 Å². The maximum atomic E-state index is 14.9. The van der Waals surface area contributed by atoms with Crippen LogP contribution in [0.2, 0.25) is 0 Å².